The summed E-state index contributed by atoms with van der Waals surface area (Å²) >= 11 is 0. The smallest absolute Gasteiger partial charge is 0.237 e. The van der Waals surface area contributed by atoms with Crippen molar-refractivity contribution in [1.29, 1.82) is 5.26 Å². The van der Waals surface area contributed by atoms with Crippen molar-refractivity contribution in [3.05, 3.63) is 0 Å². The number of rotatable bonds is 15. The van der Waals surface area contributed by atoms with Gasteiger partial charge in [-0.05, 0) is 75.3 Å². The Kier molecular flexibility index (Phi) is 12.9. The van der Waals surface area contributed by atoms with Gasteiger partial charge in [0.15, 0.2) is 0 Å². The van der Waals surface area contributed by atoms with Crippen molar-refractivity contribution in [2.24, 2.45) is 22.7 Å². The lowest BCUT2D eigenvalue weighted by Crippen LogP contribution is -2.53. The molecule has 6 heteroatoms. The molecule has 0 spiro atoms. The molecule has 36 heavy (non-hydrogen) atoms. The van der Waals surface area contributed by atoms with Crippen molar-refractivity contribution in [2.75, 3.05) is 32.7 Å². The van der Waals surface area contributed by atoms with Crippen LogP contribution in [-0.2, 0) is 4.79 Å². The van der Waals surface area contributed by atoms with Gasteiger partial charge in [0.2, 0.25) is 5.91 Å². The quantitative estimate of drug-likeness (QED) is 0.277. The van der Waals surface area contributed by atoms with Crippen LogP contribution >= 0.6 is 0 Å². The Bertz CT molecular complexity index is 709. The van der Waals surface area contributed by atoms with Crippen molar-refractivity contribution in [2.45, 2.75) is 126 Å². The van der Waals surface area contributed by atoms with Crippen molar-refractivity contribution >= 4 is 5.91 Å². The standard InChI is InChI=1S/C30H57FN4O/c1-11-29(7,8)18-24(3)13-15-34(14-12-23(2)17-28(4,5)6)22-30(9,10)33-20-27(36)35-21-25(31)16-26(35)19-32/h23-26,33H,11-18,20-22H2,1-10H3/t23?,24?,25?,26-/m0/s1. The summed E-state index contributed by atoms with van der Waals surface area (Å²) in [6.45, 7) is 26.1. The lowest BCUT2D eigenvalue weighted by Gasteiger charge is -2.36. The molecule has 4 atom stereocenters. The zero-order valence-corrected chi connectivity index (χ0v) is 25.2. The molecule has 3 unspecified atom stereocenters. The molecule has 0 aliphatic carbocycles. The number of likely N-dealkylation sites (tertiary alicyclic amines) is 1. The van der Waals surface area contributed by atoms with Crippen LogP contribution < -0.4 is 5.32 Å². The van der Waals surface area contributed by atoms with Gasteiger partial charge in [0.25, 0.3) is 0 Å². The van der Waals surface area contributed by atoms with E-state index in [0.29, 0.717) is 22.7 Å². The van der Waals surface area contributed by atoms with Gasteiger partial charge in [-0.3, -0.25) is 4.79 Å². The van der Waals surface area contributed by atoms with Gasteiger partial charge in [0.05, 0.1) is 19.2 Å². The van der Waals surface area contributed by atoms with Crippen LogP contribution in [0.2, 0.25) is 0 Å². The van der Waals surface area contributed by atoms with E-state index in [1.54, 1.807) is 0 Å². The molecule has 1 fully saturated rings. The monoisotopic (exact) mass is 508 g/mol. The Morgan fingerprint density at radius 3 is 2.14 bits per heavy atom. The highest BCUT2D eigenvalue weighted by atomic mass is 19.1. The van der Waals surface area contributed by atoms with Crippen LogP contribution in [0.3, 0.4) is 0 Å². The van der Waals surface area contributed by atoms with Crippen LogP contribution in [-0.4, -0.2) is 66.2 Å². The summed E-state index contributed by atoms with van der Waals surface area (Å²) in [5.41, 5.74) is 0.440. The van der Waals surface area contributed by atoms with E-state index in [2.05, 4.69) is 85.5 Å². The summed E-state index contributed by atoms with van der Waals surface area (Å²) in [7, 11) is 0. The molecule has 0 aromatic carbocycles. The number of alkyl halides is 1. The number of nitrogens with zero attached hydrogens (tertiary/aromatic N) is 3. The zero-order chi connectivity index (χ0) is 27.7. The van der Waals surface area contributed by atoms with E-state index in [-0.39, 0.29) is 31.0 Å². The third kappa shape index (κ3) is 12.9. The third-order valence-corrected chi connectivity index (χ3v) is 7.75. The van der Waals surface area contributed by atoms with Crippen LogP contribution in [0, 0.1) is 34.0 Å². The van der Waals surface area contributed by atoms with Crippen LogP contribution in [0.4, 0.5) is 4.39 Å². The highest BCUT2D eigenvalue weighted by molar-refractivity contribution is 5.79. The molecule has 1 N–H and O–H groups in total. The maximum Gasteiger partial charge on any atom is 0.237 e. The molecule has 1 amide bonds. The van der Waals surface area contributed by atoms with Crippen LogP contribution in [0.5, 0.6) is 0 Å². The molecule has 1 rings (SSSR count). The first-order valence-corrected chi connectivity index (χ1v) is 14.3. The van der Waals surface area contributed by atoms with E-state index in [1.807, 2.05) is 0 Å². The van der Waals surface area contributed by atoms with E-state index in [1.165, 1.54) is 30.6 Å². The van der Waals surface area contributed by atoms with Crippen molar-refractivity contribution in [3.8, 4) is 6.07 Å². The van der Waals surface area contributed by atoms with Crippen LogP contribution in [0.25, 0.3) is 0 Å². The molecule has 5 nitrogen and oxygen atoms in total. The number of hydrogen-bond donors (Lipinski definition) is 1. The topological polar surface area (TPSA) is 59.4 Å². The van der Waals surface area contributed by atoms with E-state index in [0.717, 1.165) is 26.1 Å². The molecule has 0 saturated carbocycles. The average molecular weight is 509 g/mol. The van der Waals surface area contributed by atoms with Gasteiger partial charge in [0.1, 0.15) is 12.2 Å². The molecule has 1 heterocycles. The summed E-state index contributed by atoms with van der Waals surface area (Å²) in [4.78, 5) is 16.7. The van der Waals surface area contributed by atoms with Gasteiger partial charge in [0, 0.05) is 18.5 Å². The number of carbonyl (C=O) groups excluding carboxylic acids is 1. The Hall–Kier alpha value is -1.19. The Morgan fingerprint density at radius 1 is 1.08 bits per heavy atom. The molecule has 0 radical (unpaired) electrons. The first kappa shape index (κ1) is 32.8. The van der Waals surface area contributed by atoms with Crippen LogP contribution in [0.1, 0.15) is 108 Å². The first-order chi connectivity index (χ1) is 16.5. The lowest BCUT2D eigenvalue weighted by atomic mass is 9.80. The fraction of sp³-hybridized carbons (Fsp3) is 0.933. The molecular weight excluding hydrogens is 451 g/mol. The fourth-order valence-electron chi connectivity index (χ4n) is 5.63. The highest BCUT2D eigenvalue weighted by Crippen LogP contribution is 2.31. The number of carbonyl (C=O) groups is 1. The molecule has 210 valence electrons. The highest BCUT2D eigenvalue weighted by Gasteiger charge is 2.36. The average Bonchev–Trinajstić information content (AvgIpc) is 3.13. The van der Waals surface area contributed by atoms with Gasteiger partial charge < -0.3 is 15.1 Å². The van der Waals surface area contributed by atoms with Gasteiger partial charge in [-0.25, -0.2) is 4.39 Å². The maximum atomic E-state index is 13.8. The number of nitriles is 1. The molecule has 1 saturated heterocycles. The minimum Gasteiger partial charge on any atom is -0.323 e. The van der Waals surface area contributed by atoms with E-state index in [9.17, 15) is 14.4 Å². The molecule has 0 aromatic heterocycles. The largest absolute Gasteiger partial charge is 0.323 e. The summed E-state index contributed by atoms with van der Waals surface area (Å²) in [5.74, 6) is 1.14. The molecular formula is C30H57FN4O. The van der Waals surface area contributed by atoms with Gasteiger partial charge >= 0.3 is 0 Å². The fourth-order valence-corrected chi connectivity index (χ4v) is 5.63. The first-order valence-electron chi connectivity index (χ1n) is 14.3. The minimum atomic E-state index is -1.10. The van der Waals surface area contributed by atoms with Crippen molar-refractivity contribution in [3.63, 3.8) is 0 Å². The normalized spacial score (nSPS) is 21.0. The Balaban J connectivity index is 2.75. The van der Waals surface area contributed by atoms with Crippen molar-refractivity contribution in [1.82, 2.24) is 15.1 Å². The molecule has 1 aliphatic heterocycles. The second kappa shape index (κ2) is 14.1. The second-order valence-electron chi connectivity index (χ2n) is 14.3. The Morgan fingerprint density at radius 2 is 1.64 bits per heavy atom. The summed E-state index contributed by atoms with van der Waals surface area (Å²) in [6.07, 6.45) is 5.00. The number of nitrogens with one attached hydrogen (secondary N) is 1. The number of hydrogen-bond acceptors (Lipinski definition) is 4. The van der Waals surface area contributed by atoms with E-state index >= 15 is 0 Å². The third-order valence-electron chi connectivity index (χ3n) is 7.75. The molecule has 0 aromatic rings. The van der Waals surface area contributed by atoms with Crippen LogP contribution in [0.15, 0.2) is 0 Å². The van der Waals surface area contributed by atoms with Crippen molar-refractivity contribution < 1.29 is 9.18 Å². The van der Waals surface area contributed by atoms with E-state index < -0.39 is 12.2 Å². The van der Waals surface area contributed by atoms with Gasteiger partial charge in [-0.15, -0.1) is 0 Å². The number of halogens is 1. The van der Waals surface area contributed by atoms with Gasteiger partial charge in [-0.2, -0.15) is 5.26 Å². The summed E-state index contributed by atoms with van der Waals surface area (Å²) in [5, 5.41) is 12.7. The summed E-state index contributed by atoms with van der Waals surface area (Å²) in [6, 6.07) is 1.43. The number of amides is 1. The molecule has 1 aliphatic rings. The lowest BCUT2D eigenvalue weighted by molar-refractivity contribution is -0.130. The van der Waals surface area contributed by atoms with E-state index in [4.69, 9.17) is 0 Å². The second-order valence-corrected chi connectivity index (χ2v) is 14.3. The predicted octanol–water partition coefficient (Wildman–Crippen LogP) is 6.43. The maximum absolute atomic E-state index is 13.8. The molecule has 0 bridgehead atoms. The SMILES string of the molecule is CCC(C)(C)CC(C)CCN(CCC(C)CC(C)(C)C)CC(C)(C)NCC(=O)N1CC(F)C[C@H]1C#N. The Labute approximate surface area is 222 Å². The zero-order valence-electron chi connectivity index (χ0n) is 25.2. The van der Waals surface area contributed by atoms with Gasteiger partial charge in [-0.1, -0.05) is 61.8 Å². The summed E-state index contributed by atoms with van der Waals surface area (Å²) < 4.78 is 13.8. The predicted molar refractivity (Wildman–Crippen MR) is 149 cm³/mol. The minimum absolute atomic E-state index is 0.0307.